The molecule has 0 atom stereocenters. The number of anilines is 3. The van der Waals surface area contributed by atoms with Crippen molar-refractivity contribution in [2.45, 2.75) is 5.75 Å². The molecule has 3 aromatic rings. The third kappa shape index (κ3) is 5.20. The molecule has 0 aliphatic heterocycles. The number of nitrogens with one attached hydrogen (secondary N) is 2. The molecule has 3 rings (SSSR count). The first-order valence-corrected chi connectivity index (χ1v) is 9.56. The van der Waals surface area contributed by atoms with Crippen molar-refractivity contribution in [2.24, 2.45) is 0 Å². The minimum absolute atomic E-state index is 0.131. The number of halogens is 1. The average molecular weight is 374 g/mol. The third-order valence-electron chi connectivity index (χ3n) is 3.35. The van der Waals surface area contributed by atoms with Crippen LogP contribution in [-0.4, -0.2) is 13.4 Å². The Bertz CT molecular complexity index is 928. The van der Waals surface area contributed by atoms with E-state index in [1.54, 1.807) is 36.4 Å². The molecule has 25 heavy (non-hydrogen) atoms. The van der Waals surface area contributed by atoms with Gasteiger partial charge in [0.15, 0.2) is 0 Å². The van der Waals surface area contributed by atoms with Gasteiger partial charge in [-0.2, -0.15) is 0 Å². The maximum absolute atomic E-state index is 12.2. The van der Waals surface area contributed by atoms with Gasteiger partial charge >= 0.3 is 0 Å². The summed E-state index contributed by atoms with van der Waals surface area (Å²) >= 11 is 5.81. The molecule has 2 aromatic carbocycles. The summed E-state index contributed by atoms with van der Waals surface area (Å²) in [5.74, 6) is 0.501. The van der Waals surface area contributed by atoms with Crippen LogP contribution in [0.5, 0.6) is 0 Å². The van der Waals surface area contributed by atoms with Crippen LogP contribution in [0.2, 0.25) is 5.02 Å². The van der Waals surface area contributed by atoms with Crippen molar-refractivity contribution < 1.29 is 8.42 Å². The van der Waals surface area contributed by atoms with Crippen LogP contribution in [0.3, 0.4) is 0 Å². The largest absolute Gasteiger partial charge is 0.340 e. The zero-order valence-electron chi connectivity index (χ0n) is 13.2. The Morgan fingerprint density at radius 1 is 0.880 bits per heavy atom. The van der Waals surface area contributed by atoms with E-state index in [0.29, 0.717) is 22.1 Å². The van der Waals surface area contributed by atoms with Crippen LogP contribution in [-0.2, 0) is 15.8 Å². The van der Waals surface area contributed by atoms with Crippen LogP contribution >= 0.6 is 11.6 Å². The first-order valence-electron chi connectivity index (χ1n) is 7.53. The number of sulfonamides is 1. The Morgan fingerprint density at radius 3 is 2.24 bits per heavy atom. The van der Waals surface area contributed by atoms with Crippen molar-refractivity contribution in [3.63, 3.8) is 0 Å². The summed E-state index contributed by atoms with van der Waals surface area (Å²) in [6.07, 6.45) is 1.48. The number of hydrogen-bond donors (Lipinski definition) is 2. The van der Waals surface area contributed by atoms with Gasteiger partial charge in [-0.3, -0.25) is 4.72 Å². The van der Waals surface area contributed by atoms with E-state index in [0.717, 1.165) is 5.69 Å². The highest BCUT2D eigenvalue weighted by Crippen LogP contribution is 2.18. The molecule has 0 amide bonds. The molecule has 5 nitrogen and oxygen atoms in total. The molecule has 7 heteroatoms. The number of para-hydroxylation sites is 1. The third-order valence-corrected chi connectivity index (χ3v) is 4.87. The minimum atomic E-state index is -3.53. The number of rotatable bonds is 6. The zero-order valence-corrected chi connectivity index (χ0v) is 14.8. The first kappa shape index (κ1) is 17.3. The molecular formula is C18H16ClN3O2S. The summed E-state index contributed by atoms with van der Waals surface area (Å²) in [5, 5.41) is 3.71. The summed E-state index contributed by atoms with van der Waals surface area (Å²) in [7, 11) is -3.53. The lowest BCUT2D eigenvalue weighted by atomic mass is 10.2. The topological polar surface area (TPSA) is 71.1 Å². The van der Waals surface area contributed by atoms with Crippen molar-refractivity contribution in [1.82, 2.24) is 4.98 Å². The van der Waals surface area contributed by atoms with Crippen LogP contribution in [0.4, 0.5) is 17.2 Å². The van der Waals surface area contributed by atoms with E-state index in [4.69, 9.17) is 11.6 Å². The van der Waals surface area contributed by atoms with Crippen molar-refractivity contribution in [2.75, 3.05) is 10.0 Å². The Hall–Kier alpha value is -2.57. The van der Waals surface area contributed by atoms with Crippen molar-refractivity contribution in [3.8, 4) is 0 Å². The van der Waals surface area contributed by atoms with E-state index in [-0.39, 0.29) is 5.75 Å². The predicted molar refractivity (Wildman–Crippen MR) is 102 cm³/mol. The normalized spacial score (nSPS) is 11.1. The smallest absolute Gasteiger partial charge is 0.236 e. The quantitative estimate of drug-likeness (QED) is 0.671. The molecular weight excluding hydrogens is 358 g/mol. The van der Waals surface area contributed by atoms with Crippen LogP contribution in [0.1, 0.15) is 5.56 Å². The van der Waals surface area contributed by atoms with Crippen LogP contribution < -0.4 is 10.0 Å². The van der Waals surface area contributed by atoms with E-state index in [1.165, 1.54) is 6.20 Å². The molecule has 0 aliphatic rings. The van der Waals surface area contributed by atoms with Crippen LogP contribution in [0.15, 0.2) is 72.9 Å². The fraction of sp³-hybridized carbons (Fsp3) is 0.0556. The van der Waals surface area contributed by atoms with Gasteiger partial charge < -0.3 is 5.32 Å². The number of benzene rings is 2. The molecule has 2 N–H and O–H groups in total. The fourth-order valence-corrected chi connectivity index (χ4v) is 3.52. The van der Waals surface area contributed by atoms with Crippen molar-refractivity contribution in [3.05, 3.63) is 83.5 Å². The fourth-order valence-electron chi connectivity index (χ4n) is 2.21. The summed E-state index contributed by atoms with van der Waals surface area (Å²) in [5.41, 5.74) is 1.98. The van der Waals surface area contributed by atoms with Gasteiger partial charge in [0, 0.05) is 10.7 Å². The maximum atomic E-state index is 12.2. The van der Waals surface area contributed by atoms with Crippen LogP contribution in [0, 0.1) is 0 Å². The van der Waals surface area contributed by atoms with E-state index >= 15 is 0 Å². The monoisotopic (exact) mass is 373 g/mol. The molecule has 1 heterocycles. The molecule has 0 bridgehead atoms. The van der Waals surface area contributed by atoms with Gasteiger partial charge in [0.1, 0.15) is 5.82 Å². The van der Waals surface area contributed by atoms with Gasteiger partial charge in [-0.25, -0.2) is 13.4 Å². The molecule has 0 radical (unpaired) electrons. The summed E-state index contributed by atoms with van der Waals surface area (Å²) in [6, 6.07) is 19.7. The summed E-state index contributed by atoms with van der Waals surface area (Å²) < 4.78 is 27.0. The molecule has 0 fully saturated rings. The predicted octanol–water partition coefficient (Wildman–Crippen LogP) is 4.42. The van der Waals surface area contributed by atoms with Gasteiger partial charge in [-0.1, -0.05) is 41.9 Å². The Kier molecular flexibility index (Phi) is 5.21. The number of aromatic nitrogens is 1. The Labute approximate surface area is 151 Å². The van der Waals surface area contributed by atoms with E-state index < -0.39 is 10.0 Å². The highest BCUT2D eigenvalue weighted by atomic mass is 35.5. The number of hydrogen-bond acceptors (Lipinski definition) is 4. The highest BCUT2D eigenvalue weighted by Gasteiger charge is 2.12. The second-order valence-corrected chi connectivity index (χ2v) is 7.57. The highest BCUT2D eigenvalue weighted by molar-refractivity contribution is 7.91. The van der Waals surface area contributed by atoms with Gasteiger partial charge in [-0.05, 0) is 42.0 Å². The van der Waals surface area contributed by atoms with Gasteiger partial charge in [0.25, 0.3) is 0 Å². The molecule has 128 valence electrons. The lowest BCUT2D eigenvalue weighted by Gasteiger charge is -2.09. The molecule has 0 saturated carbocycles. The summed E-state index contributed by atoms with van der Waals surface area (Å²) in [4.78, 5) is 4.22. The number of pyridine rings is 1. The SMILES string of the molecule is O=S(=O)(Cc1ccc(Cl)cc1)Nc1ccc(Nc2ccccc2)nc1. The first-order chi connectivity index (χ1) is 12.0. The average Bonchev–Trinajstić information content (AvgIpc) is 2.59. The van der Waals surface area contributed by atoms with Crippen LogP contribution in [0.25, 0.3) is 0 Å². The molecule has 1 aromatic heterocycles. The second-order valence-electron chi connectivity index (χ2n) is 5.41. The summed E-state index contributed by atoms with van der Waals surface area (Å²) in [6.45, 7) is 0. The molecule has 0 aliphatic carbocycles. The number of nitrogens with zero attached hydrogens (tertiary/aromatic N) is 1. The molecule has 0 saturated heterocycles. The van der Waals surface area contributed by atoms with E-state index in [1.807, 2.05) is 30.3 Å². The van der Waals surface area contributed by atoms with Crippen molar-refractivity contribution in [1.29, 1.82) is 0 Å². The van der Waals surface area contributed by atoms with E-state index in [2.05, 4.69) is 15.0 Å². The Morgan fingerprint density at radius 2 is 1.60 bits per heavy atom. The van der Waals surface area contributed by atoms with Gasteiger partial charge in [0.05, 0.1) is 17.6 Å². The second kappa shape index (κ2) is 7.55. The van der Waals surface area contributed by atoms with E-state index in [9.17, 15) is 8.42 Å². The van der Waals surface area contributed by atoms with Gasteiger partial charge in [-0.15, -0.1) is 0 Å². The lowest BCUT2D eigenvalue weighted by Crippen LogP contribution is -2.15. The molecule has 0 unspecified atom stereocenters. The zero-order chi connectivity index (χ0) is 17.7. The lowest BCUT2D eigenvalue weighted by molar-refractivity contribution is 0.600. The maximum Gasteiger partial charge on any atom is 0.236 e. The minimum Gasteiger partial charge on any atom is -0.340 e. The van der Waals surface area contributed by atoms with Crippen molar-refractivity contribution >= 4 is 38.8 Å². The Balaban J connectivity index is 1.65. The van der Waals surface area contributed by atoms with Gasteiger partial charge in [0.2, 0.25) is 10.0 Å². The molecule has 0 spiro atoms. The standard InChI is InChI=1S/C18H16ClN3O2S/c19-15-8-6-14(7-9-15)13-25(23,24)22-17-10-11-18(20-12-17)21-16-4-2-1-3-5-16/h1-12,22H,13H2,(H,20,21).